The fraction of sp³-hybridized carbons (Fsp3) is 0.444. The molecular formula is C9H9F3N4O. The van der Waals surface area contributed by atoms with Crippen LogP contribution in [0.1, 0.15) is 24.0 Å². The largest absolute Gasteiger partial charge is 0.433 e. The maximum absolute atomic E-state index is 12.6. The zero-order valence-corrected chi connectivity index (χ0v) is 9.09. The van der Waals surface area contributed by atoms with Gasteiger partial charge in [-0.2, -0.15) is 22.7 Å². The summed E-state index contributed by atoms with van der Waals surface area (Å²) >= 11 is 0. The third-order valence-electron chi connectivity index (χ3n) is 2.37. The van der Waals surface area contributed by atoms with Crippen LogP contribution in [0.3, 0.4) is 0 Å². The van der Waals surface area contributed by atoms with Crippen molar-refractivity contribution in [1.29, 1.82) is 0 Å². The molecule has 0 radical (unpaired) electrons. The monoisotopic (exact) mass is 246 g/mol. The smallest absolute Gasteiger partial charge is 0.275 e. The Hall–Kier alpha value is -1.86. The summed E-state index contributed by atoms with van der Waals surface area (Å²) in [5.74, 6) is 0.151. The number of hydrogen-bond donors (Lipinski definition) is 1. The van der Waals surface area contributed by atoms with E-state index in [2.05, 4.69) is 15.1 Å². The van der Waals surface area contributed by atoms with Gasteiger partial charge in [0.05, 0.1) is 0 Å². The van der Waals surface area contributed by atoms with E-state index < -0.39 is 23.0 Å². The number of rotatable bonds is 1. The van der Waals surface area contributed by atoms with Crippen molar-refractivity contribution in [3.63, 3.8) is 0 Å². The number of alkyl halides is 3. The van der Waals surface area contributed by atoms with Crippen molar-refractivity contribution in [2.75, 3.05) is 0 Å². The summed E-state index contributed by atoms with van der Waals surface area (Å²) in [5, 5.41) is 2.60. The molecule has 0 aromatic carbocycles. The molecule has 17 heavy (non-hydrogen) atoms. The zero-order chi connectivity index (χ0) is 12.8. The van der Waals surface area contributed by atoms with E-state index in [1.807, 2.05) is 0 Å². The Morgan fingerprint density at radius 1 is 1.35 bits per heavy atom. The molecule has 5 nitrogen and oxygen atoms in total. The minimum atomic E-state index is -4.65. The minimum absolute atomic E-state index is 0.259. The first-order chi connectivity index (χ1) is 7.84. The average Bonchev–Trinajstić information content (AvgIpc) is 2.65. The summed E-state index contributed by atoms with van der Waals surface area (Å²) in [7, 11) is 0. The Kier molecular flexibility index (Phi) is 2.44. The van der Waals surface area contributed by atoms with Crippen molar-refractivity contribution in [3.05, 3.63) is 27.4 Å². The fourth-order valence-corrected chi connectivity index (χ4v) is 1.48. The van der Waals surface area contributed by atoms with Crippen LogP contribution in [-0.2, 0) is 12.6 Å². The van der Waals surface area contributed by atoms with Crippen LogP contribution < -0.4 is 5.56 Å². The molecule has 92 valence electrons. The number of aromatic amines is 1. The molecule has 0 aliphatic rings. The Bertz CT molecular complexity index is 625. The Morgan fingerprint density at radius 3 is 2.53 bits per heavy atom. The lowest BCUT2D eigenvalue weighted by molar-refractivity contribution is -0.141. The van der Waals surface area contributed by atoms with E-state index in [0.29, 0.717) is 12.2 Å². The standard InChI is InChI=1S/C9H9F3N4O/c1-3-5-13-8-14-6(9(10,11)12)4(2)7(17)16(8)15-5/h3H2,1-2H3,(H,13,14,15). The maximum Gasteiger partial charge on any atom is 0.433 e. The lowest BCUT2D eigenvalue weighted by Gasteiger charge is -2.07. The van der Waals surface area contributed by atoms with Crippen LogP contribution in [-0.4, -0.2) is 19.6 Å². The van der Waals surface area contributed by atoms with Gasteiger partial charge in [-0.1, -0.05) is 6.92 Å². The number of nitrogens with one attached hydrogen (secondary N) is 1. The Labute approximate surface area is 93.3 Å². The van der Waals surface area contributed by atoms with E-state index in [9.17, 15) is 18.0 Å². The van der Waals surface area contributed by atoms with Gasteiger partial charge in [0.25, 0.3) is 11.3 Å². The van der Waals surface area contributed by atoms with Gasteiger partial charge in [0.2, 0.25) is 0 Å². The number of fused-ring (bicyclic) bond motifs is 1. The number of nitrogens with zero attached hydrogens (tertiary/aromatic N) is 3. The van der Waals surface area contributed by atoms with Gasteiger partial charge in [0, 0.05) is 12.0 Å². The highest BCUT2D eigenvalue weighted by Crippen LogP contribution is 2.28. The first-order valence-electron chi connectivity index (χ1n) is 4.90. The lowest BCUT2D eigenvalue weighted by Crippen LogP contribution is -2.24. The maximum atomic E-state index is 12.6. The van der Waals surface area contributed by atoms with Crippen molar-refractivity contribution in [2.45, 2.75) is 26.4 Å². The molecule has 2 heterocycles. The fourth-order valence-electron chi connectivity index (χ4n) is 1.48. The summed E-state index contributed by atoms with van der Waals surface area (Å²) in [6, 6.07) is 0. The van der Waals surface area contributed by atoms with Gasteiger partial charge >= 0.3 is 6.18 Å². The van der Waals surface area contributed by atoms with Crippen LogP contribution in [0.15, 0.2) is 4.79 Å². The predicted octanol–water partition coefficient (Wildman–Crippen LogP) is 1.31. The third-order valence-corrected chi connectivity index (χ3v) is 2.37. The van der Waals surface area contributed by atoms with Gasteiger partial charge in [-0.05, 0) is 6.92 Å². The topological polar surface area (TPSA) is 63.1 Å². The van der Waals surface area contributed by atoms with Gasteiger partial charge in [-0.3, -0.25) is 9.89 Å². The Morgan fingerprint density at radius 2 is 2.00 bits per heavy atom. The molecule has 0 saturated carbocycles. The number of aryl methyl sites for hydroxylation is 1. The molecule has 0 aliphatic carbocycles. The number of H-pyrrole nitrogens is 1. The lowest BCUT2D eigenvalue weighted by atomic mass is 10.2. The quantitative estimate of drug-likeness (QED) is 0.825. The van der Waals surface area contributed by atoms with Crippen molar-refractivity contribution in [3.8, 4) is 0 Å². The van der Waals surface area contributed by atoms with Gasteiger partial charge in [0.1, 0.15) is 5.82 Å². The molecule has 0 aliphatic heterocycles. The van der Waals surface area contributed by atoms with E-state index in [4.69, 9.17) is 0 Å². The molecule has 0 spiro atoms. The van der Waals surface area contributed by atoms with Crippen LogP contribution in [0.5, 0.6) is 0 Å². The van der Waals surface area contributed by atoms with Crippen LogP contribution in [0.2, 0.25) is 0 Å². The van der Waals surface area contributed by atoms with Crippen molar-refractivity contribution < 1.29 is 13.2 Å². The molecule has 0 atom stereocenters. The zero-order valence-electron chi connectivity index (χ0n) is 9.09. The van der Waals surface area contributed by atoms with Crippen molar-refractivity contribution in [1.82, 2.24) is 19.6 Å². The molecule has 1 N–H and O–H groups in total. The van der Waals surface area contributed by atoms with Gasteiger partial charge < -0.3 is 0 Å². The van der Waals surface area contributed by atoms with E-state index in [1.54, 1.807) is 6.92 Å². The van der Waals surface area contributed by atoms with Gasteiger partial charge in [-0.25, -0.2) is 4.98 Å². The number of aromatic nitrogens is 4. The van der Waals surface area contributed by atoms with Crippen molar-refractivity contribution >= 4 is 5.78 Å². The van der Waals surface area contributed by atoms with E-state index >= 15 is 0 Å². The SMILES string of the molecule is CCc1nc2nc(C(F)(F)F)c(C)c(=O)n2[nH]1. The summed E-state index contributed by atoms with van der Waals surface area (Å²) in [6.07, 6.45) is -4.17. The van der Waals surface area contributed by atoms with E-state index in [1.165, 1.54) is 0 Å². The van der Waals surface area contributed by atoms with E-state index in [0.717, 1.165) is 11.4 Å². The first-order valence-corrected chi connectivity index (χ1v) is 4.90. The highest BCUT2D eigenvalue weighted by molar-refractivity contribution is 5.33. The van der Waals surface area contributed by atoms with E-state index in [-0.39, 0.29) is 5.78 Å². The molecule has 0 unspecified atom stereocenters. The first kappa shape index (κ1) is 11.6. The predicted molar refractivity (Wildman–Crippen MR) is 52.7 cm³/mol. The molecule has 0 fully saturated rings. The second-order valence-electron chi connectivity index (χ2n) is 3.55. The summed E-state index contributed by atoms with van der Waals surface area (Å²) < 4.78 is 38.7. The molecule has 2 rings (SSSR count). The highest BCUT2D eigenvalue weighted by Gasteiger charge is 2.36. The normalized spacial score (nSPS) is 12.3. The van der Waals surface area contributed by atoms with Gasteiger partial charge in [-0.15, -0.1) is 0 Å². The molecule has 0 amide bonds. The van der Waals surface area contributed by atoms with Crippen LogP contribution in [0.25, 0.3) is 5.78 Å². The summed E-state index contributed by atoms with van der Waals surface area (Å²) in [6.45, 7) is 2.86. The Balaban J connectivity index is 2.82. The minimum Gasteiger partial charge on any atom is -0.275 e. The number of halogens is 3. The molecule has 2 aromatic heterocycles. The average molecular weight is 246 g/mol. The molecular weight excluding hydrogens is 237 g/mol. The van der Waals surface area contributed by atoms with Crippen LogP contribution in [0.4, 0.5) is 13.2 Å². The number of hydrogen-bond acceptors (Lipinski definition) is 3. The molecule has 0 bridgehead atoms. The second-order valence-corrected chi connectivity index (χ2v) is 3.55. The third kappa shape index (κ3) is 1.79. The van der Waals surface area contributed by atoms with Crippen LogP contribution >= 0.6 is 0 Å². The molecule has 8 heteroatoms. The summed E-state index contributed by atoms with van der Waals surface area (Å²) in [5.41, 5.74) is -2.41. The summed E-state index contributed by atoms with van der Waals surface area (Å²) in [4.78, 5) is 18.9. The molecule has 2 aromatic rings. The van der Waals surface area contributed by atoms with Crippen molar-refractivity contribution in [2.24, 2.45) is 0 Å². The van der Waals surface area contributed by atoms with Gasteiger partial charge in [0.15, 0.2) is 5.69 Å². The second kappa shape index (κ2) is 3.57. The van der Waals surface area contributed by atoms with Crippen LogP contribution in [0, 0.1) is 6.92 Å². The highest BCUT2D eigenvalue weighted by atomic mass is 19.4. The molecule has 0 saturated heterocycles.